The first-order valence-electron chi connectivity index (χ1n) is 3.82. The Bertz CT molecular complexity index is 128. The van der Waals surface area contributed by atoms with Crippen LogP contribution in [0.4, 0.5) is 0 Å². The van der Waals surface area contributed by atoms with Crippen molar-refractivity contribution in [2.45, 2.75) is 31.2 Å². The fourth-order valence-corrected chi connectivity index (χ4v) is 1.55. The molecule has 11 heavy (non-hydrogen) atoms. The molecule has 1 saturated carbocycles. The summed E-state index contributed by atoms with van der Waals surface area (Å²) in [6, 6.07) is 0. The lowest BCUT2D eigenvalue weighted by Gasteiger charge is -2.14. The number of rotatable bonds is 2. The van der Waals surface area contributed by atoms with Gasteiger partial charge in [0, 0.05) is 6.61 Å². The van der Waals surface area contributed by atoms with Crippen LogP contribution in [-0.4, -0.2) is 45.3 Å². The van der Waals surface area contributed by atoms with E-state index in [0.717, 1.165) is 0 Å². The smallest absolute Gasteiger partial charge is 0.106 e. The van der Waals surface area contributed by atoms with E-state index in [1.54, 1.807) is 0 Å². The van der Waals surface area contributed by atoms with E-state index >= 15 is 0 Å². The molecule has 1 rings (SSSR count). The summed E-state index contributed by atoms with van der Waals surface area (Å²) in [4.78, 5) is 0. The van der Waals surface area contributed by atoms with Gasteiger partial charge in [-0.05, 0) is 18.8 Å². The Morgan fingerprint density at radius 2 is 1.73 bits per heavy atom. The molecule has 0 bridgehead atoms. The molecular formula is C7H14O4. The van der Waals surface area contributed by atoms with Gasteiger partial charge in [-0.1, -0.05) is 0 Å². The molecule has 0 aliphatic heterocycles. The monoisotopic (exact) mass is 162 g/mol. The van der Waals surface area contributed by atoms with Crippen LogP contribution in [-0.2, 0) is 0 Å². The second-order valence-corrected chi connectivity index (χ2v) is 3.06. The molecule has 1 aliphatic carbocycles. The molecule has 0 amide bonds. The zero-order chi connectivity index (χ0) is 8.43. The van der Waals surface area contributed by atoms with Gasteiger partial charge in [0.05, 0.1) is 12.2 Å². The molecule has 4 atom stereocenters. The zero-order valence-electron chi connectivity index (χ0n) is 6.22. The average Bonchev–Trinajstić information content (AvgIpc) is 2.19. The van der Waals surface area contributed by atoms with E-state index in [9.17, 15) is 5.11 Å². The molecule has 0 unspecified atom stereocenters. The van der Waals surface area contributed by atoms with Gasteiger partial charge in [-0.2, -0.15) is 0 Å². The minimum atomic E-state index is -1.04. The zero-order valence-corrected chi connectivity index (χ0v) is 6.22. The van der Waals surface area contributed by atoms with Gasteiger partial charge in [0.2, 0.25) is 0 Å². The van der Waals surface area contributed by atoms with Crippen LogP contribution in [0.3, 0.4) is 0 Å². The second-order valence-electron chi connectivity index (χ2n) is 3.06. The van der Waals surface area contributed by atoms with Gasteiger partial charge >= 0.3 is 0 Å². The van der Waals surface area contributed by atoms with Crippen LogP contribution in [0.2, 0.25) is 0 Å². The Hall–Kier alpha value is -0.160. The van der Waals surface area contributed by atoms with E-state index in [1.807, 2.05) is 0 Å². The molecule has 4 heteroatoms. The van der Waals surface area contributed by atoms with Crippen molar-refractivity contribution in [3.8, 4) is 0 Å². The molecule has 0 aromatic carbocycles. The Labute approximate surface area is 65.1 Å². The third kappa shape index (κ3) is 1.70. The van der Waals surface area contributed by atoms with Crippen LogP contribution >= 0.6 is 0 Å². The normalized spacial score (nSPS) is 44.7. The third-order valence-electron chi connectivity index (χ3n) is 2.27. The van der Waals surface area contributed by atoms with Gasteiger partial charge in [0.15, 0.2) is 0 Å². The molecule has 4 N–H and O–H groups in total. The van der Waals surface area contributed by atoms with E-state index in [1.165, 1.54) is 0 Å². The fourth-order valence-electron chi connectivity index (χ4n) is 1.55. The first-order chi connectivity index (χ1) is 5.16. The standard InChI is InChI=1S/C7H14O4/c8-2-1-4-3-5(9)7(11)6(4)10/h4-11H,1-3H2/t4-,5+,6-,7+/m0/s1. The van der Waals surface area contributed by atoms with E-state index in [0.29, 0.717) is 12.8 Å². The van der Waals surface area contributed by atoms with Crippen LogP contribution in [0.1, 0.15) is 12.8 Å². The molecular weight excluding hydrogens is 148 g/mol. The summed E-state index contributed by atoms with van der Waals surface area (Å²) < 4.78 is 0. The maximum atomic E-state index is 9.24. The van der Waals surface area contributed by atoms with Gasteiger partial charge in [-0.25, -0.2) is 0 Å². The van der Waals surface area contributed by atoms with Crippen molar-refractivity contribution >= 4 is 0 Å². The predicted octanol–water partition coefficient (Wildman–Crippen LogP) is -1.53. The third-order valence-corrected chi connectivity index (χ3v) is 2.27. The fraction of sp³-hybridized carbons (Fsp3) is 1.00. The lowest BCUT2D eigenvalue weighted by Crippen LogP contribution is -2.30. The Morgan fingerprint density at radius 3 is 2.09 bits per heavy atom. The molecule has 1 aliphatic rings. The summed E-state index contributed by atoms with van der Waals surface area (Å²) in [5.74, 6) is -0.162. The van der Waals surface area contributed by atoms with Crippen molar-refractivity contribution in [1.29, 1.82) is 0 Å². The minimum absolute atomic E-state index is 0.0127. The quantitative estimate of drug-likeness (QED) is 0.397. The number of hydrogen-bond donors (Lipinski definition) is 4. The van der Waals surface area contributed by atoms with E-state index in [-0.39, 0.29) is 12.5 Å². The highest BCUT2D eigenvalue weighted by Gasteiger charge is 2.39. The van der Waals surface area contributed by atoms with E-state index < -0.39 is 18.3 Å². The lowest BCUT2D eigenvalue weighted by molar-refractivity contribution is -0.0274. The Morgan fingerprint density at radius 1 is 1.09 bits per heavy atom. The average molecular weight is 162 g/mol. The molecule has 0 radical (unpaired) electrons. The summed E-state index contributed by atoms with van der Waals surface area (Å²) >= 11 is 0. The van der Waals surface area contributed by atoms with Gasteiger partial charge in [-0.15, -0.1) is 0 Å². The van der Waals surface area contributed by atoms with E-state index in [2.05, 4.69) is 0 Å². The molecule has 0 aromatic heterocycles. The van der Waals surface area contributed by atoms with Gasteiger partial charge in [0.25, 0.3) is 0 Å². The summed E-state index contributed by atoms with van der Waals surface area (Å²) in [6.45, 7) is -0.0127. The topological polar surface area (TPSA) is 80.9 Å². The number of aliphatic hydroxyl groups is 4. The molecule has 0 saturated heterocycles. The largest absolute Gasteiger partial charge is 0.396 e. The SMILES string of the molecule is OCC[C@H]1C[C@@H](O)[C@@H](O)[C@H]1O. The van der Waals surface area contributed by atoms with Crippen molar-refractivity contribution in [3.05, 3.63) is 0 Å². The van der Waals surface area contributed by atoms with Crippen molar-refractivity contribution in [3.63, 3.8) is 0 Å². The Balaban J connectivity index is 2.45. The molecule has 66 valence electrons. The first-order valence-corrected chi connectivity index (χ1v) is 3.82. The summed E-state index contributed by atoms with van der Waals surface area (Å²) in [5.41, 5.74) is 0. The summed E-state index contributed by atoms with van der Waals surface area (Å²) in [6.07, 6.45) is -1.93. The van der Waals surface area contributed by atoms with Crippen molar-refractivity contribution in [2.24, 2.45) is 5.92 Å². The van der Waals surface area contributed by atoms with Crippen LogP contribution in [0.25, 0.3) is 0 Å². The summed E-state index contributed by atoms with van der Waals surface area (Å²) in [7, 11) is 0. The second kappa shape index (κ2) is 3.49. The van der Waals surface area contributed by atoms with Crippen LogP contribution in [0, 0.1) is 5.92 Å². The number of aliphatic hydroxyl groups excluding tert-OH is 4. The molecule has 0 heterocycles. The highest BCUT2D eigenvalue weighted by atomic mass is 16.4. The lowest BCUT2D eigenvalue weighted by atomic mass is 10.0. The Kier molecular flexibility index (Phi) is 2.84. The summed E-state index contributed by atoms with van der Waals surface area (Å²) in [5, 5.41) is 35.9. The van der Waals surface area contributed by atoms with Crippen molar-refractivity contribution < 1.29 is 20.4 Å². The van der Waals surface area contributed by atoms with Crippen LogP contribution < -0.4 is 0 Å². The maximum absolute atomic E-state index is 9.24. The molecule has 1 fully saturated rings. The van der Waals surface area contributed by atoms with Gasteiger partial charge < -0.3 is 20.4 Å². The highest BCUT2D eigenvalue weighted by molar-refractivity contribution is 4.90. The minimum Gasteiger partial charge on any atom is -0.396 e. The van der Waals surface area contributed by atoms with Crippen molar-refractivity contribution in [2.75, 3.05) is 6.61 Å². The van der Waals surface area contributed by atoms with Crippen LogP contribution in [0.15, 0.2) is 0 Å². The highest BCUT2D eigenvalue weighted by Crippen LogP contribution is 2.28. The number of hydrogen-bond acceptors (Lipinski definition) is 4. The first kappa shape index (κ1) is 8.93. The maximum Gasteiger partial charge on any atom is 0.106 e. The van der Waals surface area contributed by atoms with Crippen LogP contribution in [0.5, 0.6) is 0 Å². The molecule has 4 nitrogen and oxygen atoms in total. The van der Waals surface area contributed by atoms with Gasteiger partial charge in [0.1, 0.15) is 6.10 Å². The molecule has 0 aromatic rings. The van der Waals surface area contributed by atoms with Crippen molar-refractivity contribution in [1.82, 2.24) is 0 Å². The molecule has 0 spiro atoms. The predicted molar refractivity (Wildman–Crippen MR) is 37.8 cm³/mol. The van der Waals surface area contributed by atoms with Gasteiger partial charge in [-0.3, -0.25) is 0 Å². The van der Waals surface area contributed by atoms with E-state index in [4.69, 9.17) is 15.3 Å².